The second kappa shape index (κ2) is 5.61. The summed E-state index contributed by atoms with van der Waals surface area (Å²) in [5.41, 5.74) is 2.14. The van der Waals surface area contributed by atoms with E-state index in [1.54, 1.807) is 26.0 Å². The Morgan fingerprint density at radius 3 is 2.08 bits per heavy atom. The number of rotatable bonds is 2. The quantitative estimate of drug-likeness (QED) is 0.642. The molecule has 0 spiro atoms. The van der Waals surface area contributed by atoms with Crippen LogP contribution in [0.1, 0.15) is 25.0 Å². The number of carbonyl (C=O) groups is 2. The molecule has 1 amide bonds. The largest absolute Gasteiger partial charge is 0.342 e. The molecule has 1 saturated heterocycles. The highest BCUT2D eigenvalue weighted by Gasteiger charge is 2.59. The third-order valence-electron chi connectivity index (χ3n) is 4.41. The molecule has 1 aliphatic heterocycles. The molecule has 1 fully saturated rings. The molecule has 3 rings (SSSR count). The number of halogens is 2. The van der Waals surface area contributed by atoms with Crippen LogP contribution in [0.2, 0.25) is 5.02 Å². The Morgan fingerprint density at radius 2 is 1.54 bits per heavy atom. The molecular weight excluding hydrogens is 345 g/mol. The van der Waals surface area contributed by atoms with Gasteiger partial charge in [0.15, 0.2) is 5.78 Å². The van der Waals surface area contributed by atoms with Crippen LogP contribution in [-0.4, -0.2) is 17.2 Å². The first-order valence-corrected chi connectivity index (χ1v) is 8.35. The summed E-state index contributed by atoms with van der Waals surface area (Å²) in [7, 11) is 0. The van der Waals surface area contributed by atoms with Crippen molar-refractivity contribution in [3.63, 3.8) is 0 Å². The van der Waals surface area contributed by atoms with Crippen LogP contribution in [0.5, 0.6) is 0 Å². The molecule has 124 valence electrons. The number of benzene rings is 2. The van der Waals surface area contributed by atoms with Crippen molar-refractivity contribution in [1.82, 2.24) is 5.32 Å². The summed E-state index contributed by atoms with van der Waals surface area (Å²) >= 11 is 12.5. The molecule has 0 bridgehead atoms. The van der Waals surface area contributed by atoms with Gasteiger partial charge in [-0.1, -0.05) is 47.5 Å². The molecule has 1 N–H and O–H groups in total. The molecule has 0 saturated carbocycles. The van der Waals surface area contributed by atoms with Gasteiger partial charge in [-0.25, -0.2) is 0 Å². The van der Waals surface area contributed by atoms with E-state index in [-0.39, 0.29) is 5.78 Å². The molecule has 3 nitrogen and oxygen atoms in total. The van der Waals surface area contributed by atoms with Crippen LogP contribution in [0.3, 0.4) is 0 Å². The predicted octanol–water partition coefficient (Wildman–Crippen LogP) is 4.23. The molecule has 2 aromatic rings. The third kappa shape index (κ3) is 2.52. The molecule has 24 heavy (non-hydrogen) atoms. The van der Waals surface area contributed by atoms with E-state index in [2.05, 4.69) is 5.32 Å². The van der Waals surface area contributed by atoms with Gasteiger partial charge in [0, 0.05) is 5.02 Å². The topological polar surface area (TPSA) is 46.2 Å². The van der Waals surface area contributed by atoms with Crippen molar-refractivity contribution in [1.29, 1.82) is 0 Å². The van der Waals surface area contributed by atoms with Crippen LogP contribution in [0, 0.1) is 6.92 Å². The monoisotopic (exact) mass is 361 g/mol. The van der Waals surface area contributed by atoms with Crippen LogP contribution in [0.25, 0.3) is 11.1 Å². The second-order valence-electron chi connectivity index (χ2n) is 6.60. The van der Waals surface area contributed by atoms with E-state index in [1.807, 2.05) is 37.3 Å². The smallest absolute Gasteiger partial charge is 0.254 e. The first-order chi connectivity index (χ1) is 11.2. The number of amides is 1. The Balaban J connectivity index is 2.15. The highest BCUT2D eigenvalue weighted by molar-refractivity contribution is 6.49. The maximum Gasteiger partial charge on any atom is 0.254 e. The molecule has 1 heterocycles. The van der Waals surface area contributed by atoms with Crippen LogP contribution in [0.4, 0.5) is 0 Å². The van der Waals surface area contributed by atoms with Crippen LogP contribution in [0.15, 0.2) is 42.5 Å². The fraction of sp³-hybridized carbons (Fsp3) is 0.263. The van der Waals surface area contributed by atoms with Gasteiger partial charge >= 0.3 is 0 Å². The molecule has 1 unspecified atom stereocenters. The highest BCUT2D eigenvalue weighted by Crippen LogP contribution is 2.42. The van der Waals surface area contributed by atoms with Crippen molar-refractivity contribution < 1.29 is 9.59 Å². The van der Waals surface area contributed by atoms with E-state index in [4.69, 9.17) is 23.2 Å². The summed E-state index contributed by atoms with van der Waals surface area (Å²) in [5.74, 6) is -0.812. The summed E-state index contributed by atoms with van der Waals surface area (Å²) in [6, 6.07) is 13.0. The lowest BCUT2D eigenvalue weighted by Crippen LogP contribution is -2.40. The first kappa shape index (κ1) is 17.0. The van der Waals surface area contributed by atoms with Gasteiger partial charge in [-0.05, 0) is 61.2 Å². The van der Waals surface area contributed by atoms with Gasteiger partial charge in [0.25, 0.3) is 5.91 Å². The number of ketones is 1. The third-order valence-corrected chi connectivity index (χ3v) is 5.20. The van der Waals surface area contributed by atoms with Gasteiger partial charge in [-0.2, -0.15) is 0 Å². The minimum Gasteiger partial charge on any atom is -0.342 e. The summed E-state index contributed by atoms with van der Waals surface area (Å²) in [5, 5.41) is 3.33. The Hall–Kier alpha value is -1.84. The van der Waals surface area contributed by atoms with Crippen molar-refractivity contribution >= 4 is 34.9 Å². The van der Waals surface area contributed by atoms with Gasteiger partial charge in [0.1, 0.15) is 0 Å². The number of aryl methyl sites for hydroxylation is 1. The summed E-state index contributed by atoms with van der Waals surface area (Å²) in [6.45, 7) is 5.17. The lowest BCUT2D eigenvalue weighted by molar-refractivity contribution is -0.127. The van der Waals surface area contributed by atoms with E-state index in [9.17, 15) is 9.59 Å². The van der Waals surface area contributed by atoms with Crippen molar-refractivity contribution in [2.75, 3.05) is 0 Å². The normalized spacial score (nSPS) is 22.5. The molecule has 5 heteroatoms. The van der Waals surface area contributed by atoms with Crippen molar-refractivity contribution in [3.05, 3.63) is 58.6 Å². The van der Waals surface area contributed by atoms with Gasteiger partial charge in [-0.15, -0.1) is 0 Å². The number of hydrogen-bond acceptors (Lipinski definition) is 2. The molecule has 0 aliphatic carbocycles. The van der Waals surface area contributed by atoms with Gasteiger partial charge in [0.2, 0.25) is 4.87 Å². The van der Waals surface area contributed by atoms with E-state index in [0.29, 0.717) is 10.6 Å². The van der Waals surface area contributed by atoms with E-state index in [1.165, 1.54) is 0 Å². The number of carbonyl (C=O) groups excluding carboxylic acids is 2. The second-order valence-corrected chi connectivity index (χ2v) is 7.61. The lowest BCUT2D eigenvalue weighted by atomic mass is 9.85. The Kier molecular flexibility index (Phi) is 3.97. The number of alkyl halides is 1. The fourth-order valence-electron chi connectivity index (χ4n) is 3.02. The Labute approximate surface area is 151 Å². The predicted molar refractivity (Wildman–Crippen MR) is 96.4 cm³/mol. The maximum absolute atomic E-state index is 12.8. The zero-order valence-electron chi connectivity index (χ0n) is 13.6. The van der Waals surface area contributed by atoms with Crippen molar-refractivity contribution in [3.8, 4) is 11.1 Å². The number of nitrogens with one attached hydrogen (secondary N) is 1. The molecule has 1 aliphatic rings. The number of hydrogen-bond donors (Lipinski definition) is 1. The van der Waals surface area contributed by atoms with E-state index >= 15 is 0 Å². The molecule has 0 aromatic heterocycles. The summed E-state index contributed by atoms with van der Waals surface area (Å²) in [6.07, 6.45) is 0. The SMILES string of the molecule is Cc1ccc(-c2ccc(Cl)cc2)cc1C1(Cl)C(=O)NC(C)(C)C1=O. The zero-order valence-corrected chi connectivity index (χ0v) is 15.1. The van der Waals surface area contributed by atoms with Crippen molar-refractivity contribution in [2.45, 2.75) is 31.2 Å². The summed E-state index contributed by atoms with van der Waals surface area (Å²) in [4.78, 5) is 23.6. The minimum atomic E-state index is -1.70. The van der Waals surface area contributed by atoms with Crippen LogP contribution in [-0.2, 0) is 14.5 Å². The Bertz CT molecular complexity index is 843. The van der Waals surface area contributed by atoms with Crippen LogP contribution < -0.4 is 5.32 Å². The zero-order chi connectivity index (χ0) is 17.7. The van der Waals surface area contributed by atoms with Crippen molar-refractivity contribution in [2.24, 2.45) is 0 Å². The maximum atomic E-state index is 12.8. The first-order valence-electron chi connectivity index (χ1n) is 7.60. The minimum absolute atomic E-state index is 0.335. The van der Waals surface area contributed by atoms with E-state index < -0.39 is 16.3 Å². The molecule has 1 atom stereocenters. The molecular formula is C19H17Cl2NO2. The standard InChI is InChI=1S/C19H17Cl2NO2/c1-11-4-5-13(12-6-8-14(20)9-7-12)10-15(11)19(21)16(23)18(2,3)22-17(19)24/h4-10H,1-3H3,(H,22,24). The number of Topliss-reactive ketones (excluding diaryl/α,β-unsaturated/α-hetero) is 1. The highest BCUT2D eigenvalue weighted by atomic mass is 35.5. The summed E-state index contributed by atoms with van der Waals surface area (Å²) < 4.78 is 0. The van der Waals surface area contributed by atoms with E-state index in [0.717, 1.165) is 16.7 Å². The lowest BCUT2D eigenvalue weighted by Gasteiger charge is -2.22. The average Bonchev–Trinajstić information content (AvgIpc) is 2.69. The fourth-order valence-corrected chi connectivity index (χ4v) is 3.63. The Morgan fingerprint density at radius 1 is 0.958 bits per heavy atom. The van der Waals surface area contributed by atoms with Gasteiger partial charge in [0.05, 0.1) is 5.54 Å². The average molecular weight is 362 g/mol. The molecule has 2 aromatic carbocycles. The molecule has 0 radical (unpaired) electrons. The van der Waals surface area contributed by atoms with Gasteiger partial charge < -0.3 is 5.32 Å². The van der Waals surface area contributed by atoms with Crippen LogP contribution >= 0.6 is 23.2 Å². The van der Waals surface area contributed by atoms with Gasteiger partial charge in [-0.3, -0.25) is 9.59 Å².